The molecule has 0 unspecified atom stereocenters. The highest BCUT2D eigenvalue weighted by Gasteiger charge is 2.16. The van der Waals surface area contributed by atoms with Crippen LogP contribution in [-0.4, -0.2) is 10.1 Å². The van der Waals surface area contributed by atoms with Crippen LogP contribution in [-0.2, 0) is 0 Å². The van der Waals surface area contributed by atoms with Gasteiger partial charge in [-0.2, -0.15) is 0 Å². The van der Waals surface area contributed by atoms with E-state index in [0.29, 0.717) is 0 Å². The first-order valence-corrected chi connectivity index (χ1v) is 3.71. The van der Waals surface area contributed by atoms with E-state index in [4.69, 9.17) is 5.11 Å². The lowest BCUT2D eigenvalue weighted by atomic mass is 10.3. The minimum absolute atomic E-state index is 0.0402. The highest BCUT2D eigenvalue weighted by Crippen LogP contribution is 2.30. The van der Waals surface area contributed by atoms with Crippen molar-refractivity contribution in [1.29, 1.82) is 0 Å². The minimum Gasteiger partial charge on any atom is -0.505 e. The summed E-state index contributed by atoms with van der Waals surface area (Å²) in [5.74, 6) is -0.635. The molecule has 0 aliphatic rings. The molecule has 1 rings (SSSR count). The van der Waals surface area contributed by atoms with Crippen molar-refractivity contribution in [3.8, 4) is 5.75 Å². The van der Waals surface area contributed by atoms with E-state index in [9.17, 15) is 13.6 Å². The molecule has 6 heteroatoms. The van der Waals surface area contributed by atoms with Gasteiger partial charge in [0.05, 0.1) is 4.47 Å². The second kappa shape index (κ2) is 3.22. The molecule has 1 aromatic rings. The number of halogens is 3. The van der Waals surface area contributed by atoms with Gasteiger partial charge < -0.3 is 10.1 Å². The van der Waals surface area contributed by atoms with Crippen molar-refractivity contribution in [3.63, 3.8) is 0 Å². The molecule has 3 nitrogen and oxygen atoms in total. The third-order valence-electron chi connectivity index (χ3n) is 1.22. The highest BCUT2D eigenvalue weighted by molar-refractivity contribution is 9.10. The Morgan fingerprint density at radius 2 is 2.17 bits per heavy atom. The van der Waals surface area contributed by atoms with Gasteiger partial charge in [-0.25, -0.2) is 8.78 Å². The van der Waals surface area contributed by atoms with E-state index < -0.39 is 23.4 Å². The molecule has 2 N–H and O–H groups in total. The molecule has 0 saturated heterocycles. The third kappa shape index (κ3) is 1.63. The van der Waals surface area contributed by atoms with Crippen LogP contribution in [0.25, 0.3) is 0 Å². The fourth-order valence-electron chi connectivity index (χ4n) is 0.698. The lowest BCUT2D eigenvalue weighted by molar-refractivity contribution is 0.141. The minimum atomic E-state index is -2.89. The standard InChI is InChI=1S/C6H4BrF2NO2/c7-2-1-3(11)10-4(5(2)12)6(8)9/h1,6,12H,(H,10,11). The molecule has 0 bridgehead atoms. The lowest BCUT2D eigenvalue weighted by Gasteiger charge is -2.03. The summed E-state index contributed by atoms with van der Waals surface area (Å²) in [7, 11) is 0. The summed E-state index contributed by atoms with van der Waals surface area (Å²) in [5, 5.41) is 9.00. The fourth-order valence-corrected chi connectivity index (χ4v) is 1.12. The Balaban J connectivity index is 3.38. The fraction of sp³-hybridized carbons (Fsp3) is 0.167. The van der Waals surface area contributed by atoms with Gasteiger partial charge in [-0.1, -0.05) is 0 Å². The maximum atomic E-state index is 12.0. The first-order chi connectivity index (χ1) is 5.52. The number of rotatable bonds is 1. The predicted molar refractivity (Wildman–Crippen MR) is 41.4 cm³/mol. The second-order valence-electron chi connectivity index (χ2n) is 2.04. The van der Waals surface area contributed by atoms with Crippen molar-refractivity contribution in [2.24, 2.45) is 0 Å². The van der Waals surface area contributed by atoms with Gasteiger partial charge in [0.25, 0.3) is 6.43 Å². The van der Waals surface area contributed by atoms with Crippen LogP contribution in [0.1, 0.15) is 12.1 Å². The number of aromatic hydroxyl groups is 1. The first kappa shape index (κ1) is 9.18. The molecule has 1 heterocycles. The molecule has 0 aromatic carbocycles. The number of hydrogen-bond acceptors (Lipinski definition) is 2. The van der Waals surface area contributed by atoms with E-state index in [0.717, 1.165) is 6.07 Å². The van der Waals surface area contributed by atoms with Gasteiger partial charge in [-0.05, 0) is 15.9 Å². The number of hydrogen-bond donors (Lipinski definition) is 2. The zero-order valence-corrected chi connectivity index (χ0v) is 7.23. The van der Waals surface area contributed by atoms with Crippen LogP contribution in [0.4, 0.5) is 8.78 Å². The molecule has 0 radical (unpaired) electrons. The van der Waals surface area contributed by atoms with Gasteiger partial charge >= 0.3 is 0 Å². The van der Waals surface area contributed by atoms with E-state index in [1.807, 2.05) is 4.98 Å². The predicted octanol–water partition coefficient (Wildman–Crippen LogP) is 1.78. The van der Waals surface area contributed by atoms with Crippen molar-refractivity contribution >= 4 is 15.9 Å². The van der Waals surface area contributed by atoms with Gasteiger partial charge in [-0.3, -0.25) is 4.79 Å². The molecule has 0 fully saturated rings. The van der Waals surface area contributed by atoms with Crippen molar-refractivity contribution < 1.29 is 13.9 Å². The average Bonchev–Trinajstić information content (AvgIpc) is 1.96. The number of aromatic amines is 1. The lowest BCUT2D eigenvalue weighted by Crippen LogP contribution is -2.08. The topological polar surface area (TPSA) is 53.1 Å². The Labute approximate surface area is 74.2 Å². The largest absolute Gasteiger partial charge is 0.505 e. The van der Waals surface area contributed by atoms with Crippen LogP contribution in [0.5, 0.6) is 5.75 Å². The summed E-state index contributed by atoms with van der Waals surface area (Å²) in [6, 6.07) is 0.973. The van der Waals surface area contributed by atoms with Crippen LogP contribution in [0.3, 0.4) is 0 Å². The summed E-state index contributed by atoms with van der Waals surface area (Å²) in [6.07, 6.45) is -2.89. The summed E-state index contributed by atoms with van der Waals surface area (Å²) >= 11 is 2.76. The Hall–Kier alpha value is -0.910. The zero-order valence-electron chi connectivity index (χ0n) is 5.64. The molecule has 0 aliphatic carbocycles. The molecule has 0 amide bonds. The van der Waals surface area contributed by atoms with Crippen molar-refractivity contribution in [2.75, 3.05) is 0 Å². The van der Waals surface area contributed by atoms with Gasteiger partial charge in [0, 0.05) is 6.07 Å². The highest BCUT2D eigenvalue weighted by atomic mass is 79.9. The Kier molecular flexibility index (Phi) is 2.46. The quantitative estimate of drug-likeness (QED) is 0.785. The van der Waals surface area contributed by atoms with Crippen molar-refractivity contribution in [2.45, 2.75) is 6.43 Å². The maximum Gasteiger partial charge on any atom is 0.282 e. The maximum absolute atomic E-state index is 12.0. The normalized spacial score (nSPS) is 10.7. The smallest absolute Gasteiger partial charge is 0.282 e. The van der Waals surface area contributed by atoms with E-state index in [2.05, 4.69) is 15.9 Å². The third-order valence-corrected chi connectivity index (χ3v) is 1.82. The van der Waals surface area contributed by atoms with Crippen molar-refractivity contribution in [3.05, 3.63) is 26.6 Å². The van der Waals surface area contributed by atoms with Crippen LogP contribution >= 0.6 is 15.9 Å². The molecule has 66 valence electrons. The average molecular weight is 240 g/mol. The number of alkyl halides is 2. The molecule has 0 spiro atoms. The summed E-state index contributed by atoms with van der Waals surface area (Å²) in [5.41, 5.74) is -1.45. The second-order valence-corrected chi connectivity index (χ2v) is 2.90. The number of pyridine rings is 1. The van der Waals surface area contributed by atoms with Crippen LogP contribution in [0.15, 0.2) is 15.3 Å². The SMILES string of the molecule is O=c1cc(Br)c(O)c(C(F)F)[nH]1. The molecular weight excluding hydrogens is 236 g/mol. The number of H-pyrrole nitrogens is 1. The van der Waals surface area contributed by atoms with Crippen molar-refractivity contribution in [1.82, 2.24) is 4.98 Å². The van der Waals surface area contributed by atoms with Gasteiger partial charge in [0.2, 0.25) is 5.56 Å². The summed E-state index contributed by atoms with van der Waals surface area (Å²) in [6.45, 7) is 0. The van der Waals surface area contributed by atoms with Gasteiger partial charge in [-0.15, -0.1) is 0 Å². The number of nitrogens with one attached hydrogen (secondary N) is 1. The van der Waals surface area contributed by atoms with Gasteiger partial charge in [0.1, 0.15) is 5.69 Å². The first-order valence-electron chi connectivity index (χ1n) is 2.92. The molecule has 0 aliphatic heterocycles. The van der Waals surface area contributed by atoms with Crippen LogP contribution < -0.4 is 5.56 Å². The number of aromatic nitrogens is 1. The Bertz CT molecular complexity index is 350. The van der Waals surface area contributed by atoms with E-state index >= 15 is 0 Å². The Morgan fingerprint density at radius 3 is 2.67 bits per heavy atom. The molecule has 0 atom stereocenters. The van der Waals surface area contributed by atoms with E-state index in [1.54, 1.807) is 0 Å². The molecular formula is C6H4BrF2NO2. The molecule has 0 saturated carbocycles. The summed E-state index contributed by atoms with van der Waals surface area (Å²) in [4.78, 5) is 12.5. The summed E-state index contributed by atoms with van der Waals surface area (Å²) < 4.78 is 24.0. The van der Waals surface area contributed by atoms with E-state index in [-0.39, 0.29) is 4.47 Å². The monoisotopic (exact) mass is 239 g/mol. The van der Waals surface area contributed by atoms with E-state index in [1.165, 1.54) is 0 Å². The van der Waals surface area contributed by atoms with Gasteiger partial charge in [0.15, 0.2) is 5.75 Å². The Morgan fingerprint density at radius 1 is 1.58 bits per heavy atom. The molecule has 12 heavy (non-hydrogen) atoms. The van der Waals surface area contributed by atoms with Crippen LogP contribution in [0.2, 0.25) is 0 Å². The van der Waals surface area contributed by atoms with Crippen LogP contribution in [0, 0.1) is 0 Å². The molecule has 1 aromatic heterocycles. The zero-order chi connectivity index (χ0) is 9.30.